The first-order chi connectivity index (χ1) is 15.3. The largest absolute Gasteiger partial charge is 0.481 e. The molecule has 0 aliphatic rings. The number of carboxylic acid groups (broad SMARTS) is 2. The highest BCUT2D eigenvalue weighted by atomic mass is 16.4. The van der Waals surface area contributed by atoms with Gasteiger partial charge in [-0.25, -0.2) is 14.8 Å². The third kappa shape index (κ3) is 6.11. The summed E-state index contributed by atoms with van der Waals surface area (Å²) in [7, 11) is 0. The molecule has 9 nitrogen and oxygen atoms in total. The molecule has 1 aromatic heterocycles. The lowest BCUT2D eigenvalue weighted by Crippen LogP contribution is -2.41. The monoisotopic (exact) mass is 434 g/mol. The second kappa shape index (κ2) is 10.2. The first kappa shape index (κ1) is 22.4. The molecule has 1 heterocycles. The predicted molar refractivity (Wildman–Crippen MR) is 118 cm³/mol. The van der Waals surface area contributed by atoms with E-state index in [1.54, 1.807) is 31.2 Å². The maximum absolute atomic E-state index is 12.5. The second-order valence-electron chi connectivity index (χ2n) is 7.05. The number of hydrogen-bond donors (Lipinski definition) is 4. The van der Waals surface area contributed by atoms with Crippen LogP contribution in [0.2, 0.25) is 0 Å². The van der Waals surface area contributed by atoms with Crippen LogP contribution in [-0.2, 0) is 9.59 Å². The Morgan fingerprint density at radius 1 is 0.969 bits per heavy atom. The number of benzene rings is 2. The fraction of sp³-hybridized carbons (Fsp3) is 0.174. The summed E-state index contributed by atoms with van der Waals surface area (Å²) in [5, 5.41) is 23.5. The Morgan fingerprint density at radius 3 is 2.41 bits per heavy atom. The Kier molecular flexibility index (Phi) is 7.12. The molecule has 1 amide bonds. The van der Waals surface area contributed by atoms with Crippen molar-refractivity contribution in [2.75, 3.05) is 5.32 Å². The summed E-state index contributed by atoms with van der Waals surface area (Å²) in [6.07, 6.45) is -0.577. The zero-order valence-electron chi connectivity index (χ0n) is 17.3. The van der Waals surface area contributed by atoms with E-state index in [1.807, 2.05) is 30.3 Å². The minimum Gasteiger partial charge on any atom is -0.481 e. The van der Waals surface area contributed by atoms with E-state index >= 15 is 0 Å². The highest BCUT2D eigenvalue weighted by Crippen LogP contribution is 2.22. The van der Waals surface area contributed by atoms with Crippen LogP contribution in [0, 0.1) is 6.92 Å². The van der Waals surface area contributed by atoms with Crippen molar-refractivity contribution in [3.63, 3.8) is 0 Å². The molecule has 1 atom stereocenters. The Morgan fingerprint density at radius 2 is 1.72 bits per heavy atom. The number of hydrogen-bond acceptors (Lipinski definition) is 6. The number of nitrogens with one attached hydrogen (secondary N) is 2. The number of carboxylic acids is 2. The summed E-state index contributed by atoms with van der Waals surface area (Å²) in [5.74, 6) is -1.93. The number of amides is 1. The zero-order chi connectivity index (χ0) is 23.1. The molecule has 32 heavy (non-hydrogen) atoms. The number of nitrogens with zero attached hydrogens (tertiary/aromatic N) is 2. The molecule has 0 fully saturated rings. The molecule has 0 saturated heterocycles. The molecule has 0 saturated carbocycles. The quantitative estimate of drug-likeness (QED) is 0.402. The van der Waals surface area contributed by atoms with Crippen molar-refractivity contribution >= 4 is 29.4 Å². The second-order valence-corrected chi connectivity index (χ2v) is 7.05. The summed E-state index contributed by atoms with van der Waals surface area (Å²) >= 11 is 0. The lowest BCUT2D eigenvalue weighted by atomic mass is 10.1. The first-order valence-electron chi connectivity index (χ1n) is 9.85. The van der Waals surface area contributed by atoms with Gasteiger partial charge in [-0.05, 0) is 31.5 Å². The van der Waals surface area contributed by atoms with Gasteiger partial charge in [0.05, 0.1) is 5.69 Å². The van der Waals surface area contributed by atoms with Gasteiger partial charge in [-0.3, -0.25) is 9.59 Å². The van der Waals surface area contributed by atoms with Crippen LogP contribution in [0.1, 0.15) is 29.0 Å². The molecule has 9 heteroatoms. The SMILES string of the molecule is Cc1nc(Nc2cccc(C(=O)N[C@@H](CCC(=O)O)C(=O)O)c2)cc(-c2ccccc2)n1. The van der Waals surface area contributed by atoms with Gasteiger partial charge in [-0.2, -0.15) is 0 Å². The number of aryl methyl sites for hydroxylation is 1. The molecular weight excluding hydrogens is 412 g/mol. The summed E-state index contributed by atoms with van der Waals surface area (Å²) in [6.45, 7) is 1.78. The van der Waals surface area contributed by atoms with Crippen molar-refractivity contribution < 1.29 is 24.6 Å². The van der Waals surface area contributed by atoms with Gasteiger partial charge < -0.3 is 20.8 Å². The summed E-state index contributed by atoms with van der Waals surface area (Å²) in [4.78, 5) is 43.4. The van der Waals surface area contributed by atoms with Gasteiger partial charge in [-0.15, -0.1) is 0 Å². The molecule has 0 bridgehead atoms. The summed E-state index contributed by atoms with van der Waals surface area (Å²) in [5.41, 5.74) is 2.49. The van der Waals surface area contributed by atoms with Crippen molar-refractivity contribution in [2.24, 2.45) is 0 Å². The molecule has 0 aliphatic heterocycles. The van der Waals surface area contributed by atoms with Crippen molar-refractivity contribution in [2.45, 2.75) is 25.8 Å². The van der Waals surface area contributed by atoms with Crippen molar-refractivity contribution in [3.05, 3.63) is 72.1 Å². The molecule has 3 aromatic rings. The van der Waals surface area contributed by atoms with E-state index in [0.717, 1.165) is 11.3 Å². The number of carbonyl (C=O) groups excluding carboxylic acids is 1. The number of anilines is 2. The van der Waals surface area contributed by atoms with Gasteiger partial charge in [0.2, 0.25) is 0 Å². The Hall–Kier alpha value is -4.27. The molecule has 0 aliphatic carbocycles. The standard InChI is InChI=1S/C23H22N4O5/c1-14-24-19(15-6-3-2-4-7-15)13-20(25-14)26-17-9-5-8-16(12-17)22(30)27-18(23(31)32)10-11-21(28)29/h2-9,12-13,18H,10-11H2,1H3,(H,27,30)(H,28,29)(H,31,32)(H,24,25,26)/t18-/m0/s1. The van der Waals surface area contributed by atoms with Crippen LogP contribution in [0.3, 0.4) is 0 Å². The van der Waals surface area contributed by atoms with Crippen LogP contribution in [0.5, 0.6) is 0 Å². The average Bonchev–Trinajstić information content (AvgIpc) is 2.76. The minimum absolute atomic E-state index is 0.211. The highest BCUT2D eigenvalue weighted by Gasteiger charge is 2.21. The van der Waals surface area contributed by atoms with Gasteiger partial charge in [-0.1, -0.05) is 36.4 Å². The molecule has 164 valence electrons. The highest BCUT2D eigenvalue weighted by molar-refractivity contribution is 5.97. The van der Waals surface area contributed by atoms with E-state index < -0.39 is 23.9 Å². The lowest BCUT2D eigenvalue weighted by molar-refractivity contribution is -0.140. The van der Waals surface area contributed by atoms with Gasteiger partial charge in [0.15, 0.2) is 0 Å². The van der Waals surface area contributed by atoms with E-state index in [1.165, 1.54) is 6.07 Å². The third-order valence-electron chi connectivity index (χ3n) is 4.55. The van der Waals surface area contributed by atoms with Gasteiger partial charge in [0.25, 0.3) is 5.91 Å². The Labute approximate surface area is 184 Å². The lowest BCUT2D eigenvalue weighted by Gasteiger charge is -2.14. The molecule has 0 spiro atoms. The molecule has 0 radical (unpaired) electrons. The van der Waals surface area contributed by atoms with E-state index in [9.17, 15) is 19.5 Å². The van der Waals surface area contributed by atoms with Crippen LogP contribution >= 0.6 is 0 Å². The molecule has 0 unspecified atom stereocenters. The van der Waals surface area contributed by atoms with Crippen LogP contribution in [0.4, 0.5) is 11.5 Å². The minimum atomic E-state index is -1.30. The Bertz CT molecular complexity index is 1130. The van der Waals surface area contributed by atoms with Crippen LogP contribution in [0.25, 0.3) is 11.3 Å². The van der Waals surface area contributed by atoms with Crippen molar-refractivity contribution in [1.82, 2.24) is 15.3 Å². The molecular formula is C23H22N4O5. The van der Waals surface area contributed by atoms with E-state index in [0.29, 0.717) is 17.3 Å². The third-order valence-corrected chi connectivity index (χ3v) is 4.55. The van der Waals surface area contributed by atoms with E-state index in [4.69, 9.17) is 5.11 Å². The van der Waals surface area contributed by atoms with Crippen LogP contribution in [0.15, 0.2) is 60.7 Å². The maximum Gasteiger partial charge on any atom is 0.326 e. The van der Waals surface area contributed by atoms with E-state index in [-0.39, 0.29) is 18.4 Å². The fourth-order valence-corrected chi connectivity index (χ4v) is 3.04. The fourth-order valence-electron chi connectivity index (χ4n) is 3.04. The number of aromatic nitrogens is 2. The van der Waals surface area contributed by atoms with E-state index in [2.05, 4.69) is 20.6 Å². The smallest absolute Gasteiger partial charge is 0.326 e. The summed E-state index contributed by atoms with van der Waals surface area (Å²) < 4.78 is 0. The summed E-state index contributed by atoms with van der Waals surface area (Å²) in [6, 6.07) is 16.6. The number of aliphatic carboxylic acids is 2. The number of carbonyl (C=O) groups is 3. The number of rotatable bonds is 9. The molecule has 3 rings (SSSR count). The van der Waals surface area contributed by atoms with Crippen LogP contribution < -0.4 is 10.6 Å². The van der Waals surface area contributed by atoms with Crippen LogP contribution in [-0.4, -0.2) is 44.1 Å². The maximum atomic E-state index is 12.5. The average molecular weight is 434 g/mol. The normalized spacial score (nSPS) is 11.4. The van der Waals surface area contributed by atoms with Gasteiger partial charge in [0.1, 0.15) is 17.7 Å². The topological polar surface area (TPSA) is 142 Å². The van der Waals surface area contributed by atoms with Gasteiger partial charge in [0, 0.05) is 29.3 Å². The van der Waals surface area contributed by atoms with Crippen molar-refractivity contribution in [1.29, 1.82) is 0 Å². The zero-order valence-corrected chi connectivity index (χ0v) is 17.3. The first-order valence-corrected chi connectivity index (χ1v) is 9.85. The van der Waals surface area contributed by atoms with Crippen molar-refractivity contribution in [3.8, 4) is 11.3 Å². The molecule has 4 N–H and O–H groups in total. The molecule has 2 aromatic carbocycles. The Balaban J connectivity index is 1.76. The van der Waals surface area contributed by atoms with Gasteiger partial charge >= 0.3 is 11.9 Å². The predicted octanol–water partition coefficient (Wildman–Crippen LogP) is 3.24.